The van der Waals surface area contributed by atoms with Gasteiger partial charge < -0.3 is 5.11 Å². The molecule has 0 unspecified atom stereocenters. The van der Waals surface area contributed by atoms with Gasteiger partial charge in [0.1, 0.15) is 0 Å². The van der Waals surface area contributed by atoms with E-state index in [-0.39, 0.29) is 12.1 Å². The maximum atomic E-state index is 8.98. The Morgan fingerprint density at radius 3 is 2.38 bits per heavy atom. The first-order valence-electron chi connectivity index (χ1n) is 5.28. The summed E-state index contributed by atoms with van der Waals surface area (Å²) in [6.07, 6.45) is 2.55. The van der Waals surface area contributed by atoms with Crippen LogP contribution in [0.3, 0.4) is 0 Å². The fraction of sp³-hybridized carbons (Fsp3) is 1.00. The molecule has 0 aromatic rings. The Labute approximate surface area is 81.9 Å². The van der Waals surface area contributed by atoms with E-state index >= 15 is 0 Å². The second-order valence-electron chi connectivity index (χ2n) is 5.26. The Bertz CT molecular complexity index is 173. The largest absolute Gasteiger partial charge is 0.395 e. The fourth-order valence-electron chi connectivity index (χ4n) is 2.24. The molecule has 0 aromatic heterocycles. The van der Waals surface area contributed by atoms with Gasteiger partial charge in [-0.2, -0.15) is 0 Å². The summed E-state index contributed by atoms with van der Waals surface area (Å²) in [5, 5.41) is 8.98. The smallest absolute Gasteiger partial charge is 0.0558 e. The van der Waals surface area contributed by atoms with Gasteiger partial charge in [-0.25, -0.2) is 0 Å². The van der Waals surface area contributed by atoms with Gasteiger partial charge in [0, 0.05) is 12.1 Å². The van der Waals surface area contributed by atoms with Gasteiger partial charge in [-0.1, -0.05) is 13.8 Å². The minimum atomic E-state index is 0.216. The molecule has 1 N–H and O–H groups in total. The summed E-state index contributed by atoms with van der Waals surface area (Å²) < 4.78 is 0. The molecule has 1 fully saturated rings. The summed E-state index contributed by atoms with van der Waals surface area (Å²) in [5.41, 5.74) is 0.578. The third kappa shape index (κ3) is 1.89. The highest BCUT2D eigenvalue weighted by Crippen LogP contribution is 2.42. The monoisotopic (exact) mass is 185 g/mol. The van der Waals surface area contributed by atoms with Crippen LogP contribution in [0.15, 0.2) is 0 Å². The first kappa shape index (κ1) is 11.0. The summed E-state index contributed by atoms with van der Waals surface area (Å²) in [6.45, 7) is 11.5. The van der Waals surface area contributed by atoms with E-state index in [4.69, 9.17) is 5.11 Å². The zero-order valence-corrected chi connectivity index (χ0v) is 9.43. The number of nitrogens with zero attached hydrogens (tertiary/aromatic N) is 1. The molecular weight excluding hydrogens is 162 g/mol. The Morgan fingerprint density at radius 2 is 1.85 bits per heavy atom. The summed E-state index contributed by atoms with van der Waals surface area (Å²) >= 11 is 0. The lowest BCUT2D eigenvalue weighted by Gasteiger charge is -2.53. The van der Waals surface area contributed by atoms with Gasteiger partial charge in [0.05, 0.1) is 6.61 Å². The van der Waals surface area contributed by atoms with Crippen molar-refractivity contribution in [3.8, 4) is 0 Å². The summed E-state index contributed by atoms with van der Waals surface area (Å²) in [4.78, 5) is 2.41. The van der Waals surface area contributed by atoms with Crippen LogP contribution >= 0.6 is 0 Å². The van der Waals surface area contributed by atoms with Gasteiger partial charge in [0.15, 0.2) is 0 Å². The maximum Gasteiger partial charge on any atom is 0.0558 e. The molecule has 0 bridgehead atoms. The van der Waals surface area contributed by atoms with Gasteiger partial charge in [-0.15, -0.1) is 0 Å². The van der Waals surface area contributed by atoms with E-state index in [1.54, 1.807) is 0 Å². The van der Waals surface area contributed by atoms with E-state index in [9.17, 15) is 0 Å². The fourth-order valence-corrected chi connectivity index (χ4v) is 2.24. The standard InChI is InChI=1S/C11H23NO/c1-10(2)6-5-7-12(8-9-13)11(10,3)4/h13H,5-9H2,1-4H3. The third-order valence-corrected chi connectivity index (χ3v) is 4.05. The van der Waals surface area contributed by atoms with Crippen molar-refractivity contribution in [2.24, 2.45) is 5.41 Å². The predicted octanol–water partition coefficient (Wildman–Crippen LogP) is 1.88. The van der Waals surface area contributed by atoms with Crippen LogP contribution in [0.25, 0.3) is 0 Å². The van der Waals surface area contributed by atoms with Crippen LogP contribution in [0.1, 0.15) is 40.5 Å². The van der Waals surface area contributed by atoms with Crippen LogP contribution < -0.4 is 0 Å². The number of aliphatic hydroxyl groups is 1. The van der Waals surface area contributed by atoms with Gasteiger partial charge in [0.25, 0.3) is 0 Å². The second-order valence-corrected chi connectivity index (χ2v) is 5.26. The number of likely N-dealkylation sites (tertiary alicyclic amines) is 1. The van der Waals surface area contributed by atoms with Crippen molar-refractivity contribution in [3.05, 3.63) is 0 Å². The van der Waals surface area contributed by atoms with E-state index in [0.29, 0.717) is 5.41 Å². The molecule has 0 aliphatic carbocycles. The second kappa shape index (κ2) is 3.58. The molecule has 1 aliphatic rings. The molecule has 1 saturated heterocycles. The average Bonchev–Trinajstić information content (AvgIpc) is 2.00. The molecule has 2 heteroatoms. The molecule has 0 spiro atoms. The molecule has 1 rings (SSSR count). The average molecular weight is 185 g/mol. The molecular formula is C11H23NO. The highest BCUT2D eigenvalue weighted by molar-refractivity contribution is 4.98. The maximum absolute atomic E-state index is 8.98. The number of hydrogen-bond acceptors (Lipinski definition) is 2. The van der Waals surface area contributed by atoms with Crippen molar-refractivity contribution in [2.75, 3.05) is 19.7 Å². The van der Waals surface area contributed by atoms with Crippen molar-refractivity contribution >= 4 is 0 Å². The molecule has 1 aliphatic heterocycles. The minimum absolute atomic E-state index is 0.216. The van der Waals surface area contributed by atoms with Crippen LogP contribution in [0.2, 0.25) is 0 Å². The summed E-state index contributed by atoms with van der Waals surface area (Å²) in [6, 6.07) is 0. The Hall–Kier alpha value is -0.0800. The van der Waals surface area contributed by atoms with Crippen LogP contribution in [0.5, 0.6) is 0 Å². The quantitative estimate of drug-likeness (QED) is 0.710. The molecule has 1 heterocycles. The van der Waals surface area contributed by atoms with Gasteiger partial charge in [-0.3, -0.25) is 4.90 Å². The highest BCUT2D eigenvalue weighted by Gasteiger charge is 2.43. The van der Waals surface area contributed by atoms with Crippen molar-refractivity contribution in [2.45, 2.75) is 46.1 Å². The van der Waals surface area contributed by atoms with Crippen LogP contribution in [-0.4, -0.2) is 35.2 Å². The first-order chi connectivity index (χ1) is 5.92. The third-order valence-electron chi connectivity index (χ3n) is 4.05. The summed E-state index contributed by atoms with van der Waals surface area (Å²) in [5.74, 6) is 0. The number of β-amino-alcohol motifs (C(OH)–C–C–N with tert-alkyl or cyclic N) is 1. The molecule has 78 valence electrons. The lowest BCUT2D eigenvalue weighted by atomic mass is 9.68. The molecule has 0 radical (unpaired) electrons. The zero-order valence-electron chi connectivity index (χ0n) is 9.43. The van der Waals surface area contributed by atoms with Crippen molar-refractivity contribution in [1.82, 2.24) is 4.90 Å². The molecule has 0 aromatic carbocycles. The number of hydrogen-bond donors (Lipinski definition) is 1. The van der Waals surface area contributed by atoms with Gasteiger partial charge >= 0.3 is 0 Å². The lowest BCUT2D eigenvalue weighted by molar-refractivity contribution is -0.0375. The first-order valence-corrected chi connectivity index (χ1v) is 5.28. The molecule has 2 nitrogen and oxygen atoms in total. The van der Waals surface area contributed by atoms with E-state index in [2.05, 4.69) is 32.6 Å². The van der Waals surface area contributed by atoms with E-state index in [1.165, 1.54) is 12.8 Å². The van der Waals surface area contributed by atoms with Crippen molar-refractivity contribution in [1.29, 1.82) is 0 Å². The van der Waals surface area contributed by atoms with Crippen LogP contribution in [0, 0.1) is 5.41 Å². The summed E-state index contributed by atoms with van der Waals surface area (Å²) in [7, 11) is 0. The van der Waals surface area contributed by atoms with Gasteiger partial charge in [-0.05, 0) is 38.6 Å². The van der Waals surface area contributed by atoms with Gasteiger partial charge in [0.2, 0.25) is 0 Å². The topological polar surface area (TPSA) is 23.5 Å². The molecule has 0 amide bonds. The highest BCUT2D eigenvalue weighted by atomic mass is 16.3. The van der Waals surface area contributed by atoms with Crippen LogP contribution in [-0.2, 0) is 0 Å². The number of rotatable bonds is 2. The Balaban J connectivity index is 2.75. The molecule has 0 atom stereocenters. The van der Waals surface area contributed by atoms with Crippen molar-refractivity contribution < 1.29 is 5.11 Å². The molecule has 0 saturated carbocycles. The van der Waals surface area contributed by atoms with E-state index in [0.717, 1.165) is 13.1 Å². The van der Waals surface area contributed by atoms with E-state index in [1.807, 2.05) is 0 Å². The molecule has 13 heavy (non-hydrogen) atoms. The van der Waals surface area contributed by atoms with Crippen LogP contribution in [0.4, 0.5) is 0 Å². The Morgan fingerprint density at radius 1 is 1.23 bits per heavy atom. The lowest BCUT2D eigenvalue weighted by Crippen LogP contribution is -2.58. The van der Waals surface area contributed by atoms with E-state index < -0.39 is 0 Å². The number of aliphatic hydroxyl groups excluding tert-OH is 1. The predicted molar refractivity (Wildman–Crippen MR) is 55.8 cm³/mol. The SMILES string of the molecule is CC1(C)CCCN(CCO)C1(C)C. The van der Waals surface area contributed by atoms with Crippen molar-refractivity contribution in [3.63, 3.8) is 0 Å². The zero-order chi connectivity index (χ0) is 10.1. The Kier molecular flexibility index (Phi) is 3.03. The minimum Gasteiger partial charge on any atom is -0.395 e. The normalized spacial score (nSPS) is 27.5. The number of piperidine rings is 1.